The van der Waals surface area contributed by atoms with Crippen LogP contribution in [0.3, 0.4) is 0 Å². The number of aliphatic carboxylic acids is 1. The first-order chi connectivity index (χ1) is 22.2. The number of halogens is 4. The third-order valence-corrected chi connectivity index (χ3v) is 9.74. The number of ether oxygens (including phenoxy) is 3. The number of likely N-dealkylation sites (tertiary alicyclic amines) is 1. The van der Waals surface area contributed by atoms with Crippen molar-refractivity contribution >= 4 is 34.9 Å². The van der Waals surface area contributed by atoms with Gasteiger partial charge in [-0.15, -0.1) is 11.3 Å². The number of carboxylic acids is 1. The Morgan fingerprint density at radius 2 is 1.94 bits per heavy atom. The molecular formula is C30H34ClF3N4O8S. The largest absolute Gasteiger partial charge is 0.479 e. The second-order valence-corrected chi connectivity index (χ2v) is 13.2. The number of hydrogen-bond acceptors (Lipinski definition) is 11. The van der Waals surface area contributed by atoms with Crippen LogP contribution < -0.4 is 5.32 Å². The highest BCUT2D eigenvalue weighted by Crippen LogP contribution is 2.52. The van der Waals surface area contributed by atoms with E-state index in [9.17, 15) is 28.6 Å². The minimum atomic E-state index is -3.09. The summed E-state index contributed by atoms with van der Waals surface area (Å²) in [6.45, 7) is 2.46. The summed E-state index contributed by atoms with van der Waals surface area (Å²) in [5, 5.41) is 35.5. The zero-order valence-electron chi connectivity index (χ0n) is 25.4. The summed E-state index contributed by atoms with van der Waals surface area (Å²) in [5.41, 5.74) is 1.18. The van der Waals surface area contributed by atoms with Crippen molar-refractivity contribution in [3.05, 3.63) is 67.9 Å². The third kappa shape index (κ3) is 7.49. The molecule has 2 aliphatic heterocycles. The van der Waals surface area contributed by atoms with Crippen LogP contribution in [0.5, 0.6) is 0 Å². The average Bonchev–Trinajstić information content (AvgIpc) is 3.61. The molecule has 4 N–H and O–H groups in total. The van der Waals surface area contributed by atoms with Crippen LogP contribution in [0.1, 0.15) is 40.1 Å². The summed E-state index contributed by atoms with van der Waals surface area (Å²) in [5.74, 6) is -6.86. The summed E-state index contributed by atoms with van der Waals surface area (Å²) in [6.07, 6.45) is -3.18. The first kappa shape index (κ1) is 35.2. The summed E-state index contributed by atoms with van der Waals surface area (Å²) >= 11 is 7.27. The van der Waals surface area contributed by atoms with Gasteiger partial charge in [0.15, 0.2) is 18.4 Å². The number of aliphatic hydroxyl groups excluding tert-OH is 2. The van der Waals surface area contributed by atoms with Gasteiger partial charge in [0.1, 0.15) is 23.7 Å². The number of piperidine rings is 1. The monoisotopic (exact) mass is 702 g/mol. The fourth-order valence-electron chi connectivity index (χ4n) is 5.74. The second kappa shape index (κ2) is 14.2. The summed E-state index contributed by atoms with van der Waals surface area (Å²) in [7, 11) is 1.32. The molecule has 1 unspecified atom stereocenters. The van der Waals surface area contributed by atoms with E-state index in [2.05, 4.69) is 15.3 Å². The van der Waals surface area contributed by atoms with Crippen LogP contribution >= 0.6 is 22.9 Å². The van der Waals surface area contributed by atoms with Gasteiger partial charge in [0.2, 0.25) is 0 Å². The highest BCUT2D eigenvalue weighted by Gasteiger charge is 2.51. The van der Waals surface area contributed by atoms with E-state index in [0.29, 0.717) is 52.9 Å². The maximum atomic E-state index is 15.3. The van der Waals surface area contributed by atoms with Crippen molar-refractivity contribution in [3.63, 3.8) is 0 Å². The number of carbonyl (C=O) groups is 2. The van der Waals surface area contributed by atoms with Gasteiger partial charge in [-0.3, -0.25) is 10.2 Å². The summed E-state index contributed by atoms with van der Waals surface area (Å²) < 4.78 is 61.9. The van der Waals surface area contributed by atoms with Crippen molar-refractivity contribution in [2.75, 3.05) is 33.4 Å². The molecule has 17 heteroatoms. The zero-order chi connectivity index (χ0) is 34.1. The van der Waals surface area contributed by atoms with Gasteiger partial charge in [0, 0.05) is 55.5 Å². The number of para-hydroxylation sites is 1. The number of esters is 1. The van der Waals surface area contributed by atoms with Gasteiger partial charge < -0.3 is 29.5 Å². The van der Waals surface area contributed by atoms with Crippen LogP contribution in [0.4, 0.5) is 13.2 Å². The predicted molar refractivity (Wildman–Crippen MR) is 162 cm³/mol. The third-order valence-electron chi connectivity index (χ3n) is 8.29. The molecule has 0 aliphatic carbocycles. The molecule has 1 spiro atoms. The normalized spacial score (nSPS) is 19.2. The Morgan fingerprint density at radius 3 is 2.62 bits per heavy atom. The molecule has 47 heavy (non-hydrogen) atoms. The van der Waals surface area contributed by atoms with Crippen LogP contribution in [-0.2, 0) is 48.4 Å². The number of alkyl halides is 2. The number of aromatic nitrogens is 2. The molecule has 2 aliphatic rings. The van der Waals surface area contributed by atoms with E-state index in [4.69, 9.17) is 30.9 Å². The number of methoxy groups -OCH3 is 1. The van der Waals surface area contributed by atoms with Crippen LogP contribution in [0.25, 0.3) is 5.69 Å². The lowest BCUT2D eigenvalue weighted by atomic mass is 9.84. The fourth-order valence-corrected chi connectivity index (χ4v) is 7.22. The van der Waals surface area contributed by atoms with E-state index in [-0.39, 0.29) is 24.4 Å². The SMILES string of the molecule is COCC(NCc1cccc(F)c1-n1cc(CN2CCC3(CC2)OCC(F)(F)c2cc(Cl)sc23)c(C)n1)OC(=O)[C@H](O)[C@@H](O)C(=O)O. The number of carbonyl (C=O) groups excluding carboxylic acids is 1. The molecule has 4 heterocycles. The van der Waals surface area contributed by atoms with E-state index in [1.165, 1.54) is 30.0 Å². The van der Waals surface area contributed by atoms with Crippen molar-refractivity contribution in [2.24, 2.45) is 0 Å². The predicted octanol–water partition coefficient (Wildman–Crippen LogP) is 3.06. The van der Waals surface area contributed by atoms with Gasteiger partial charge in [-0.1, -0.05) is 23.7 Å². The van der Waals surface area contributed by atoms with Gasteiger partial charge in [-0.05, 0) is 37.5 Å². The molecule has 1 saturated heterocycles. The van der Waals surface area contributed by atoms with E-state index in [0.717, 1.165) is 16.9 Å². The van der Waals surface area contributed by atoms with Crippen LogP contribution in [0, 0.1) is 12.7 Å². The number of benzene rings is 1. The van der Waals surface area contributed by atoms with Crippen molar-refractivity contribution < 1.29 is 52.3 Å². The van der Waals surface area contributed by atoms with Gasteiger partial charge in [-0.2, -0.15) is 13.9 Å². The number of fused-ring (bicyclic) bond motifs is 2. The lowest BCUT2D eigenvalue weighted by molar-refractivity contribution is -0.182. The van der Waals surface area contributed by atoms with Crippen molar-refractivity contribution in [2.45, 2.75) is 62.8 Å². The number of aryl methyl sites for hydroxylation is 1. The van der Waals surface area contributed by atoms with E-state index in [1.807, 2.05) is 0 Å². The standard InChI is InChI=1S/C30H34ClF3N4O8S/c1-16-18(12-37-8-6-29(7-9-37)26-19(10-21(31)47-26)30(33,34)15-45-29)13-38(36-16)23-17(4-3-5-20(23)32)11-35-22(14-44-2)46-28(43)25(40)24(39)27(41)42/h3-5,10,13,22,24-25,35,39-40H,6-9,11-12,14-15H2,1-2H3,(H,41,42)/t22?,24-,25-/m1/s1. The highest BCUT2D eigenvalue weighted by atomic mass is 35.5. The Balaban J connectivity index is 1.26. The number of thiophene rings is 1. The molecule has 1 aromatic carbocycles. The molecule has 2 aromatic heterocycles. The Labute approximate surface area is 276 Å². The van der Waals surface area contributed by atoms with Gasteiger partial charge in [0.25, 0.3) is 5.92 Å². The fraction of sp³-hybridized carbons (Fsp3) is 0.500. The molecule has 12 nitrogen and oxygen atoms in total. The van der Waals surface area contributed by atoms with Gasteiger partial charge in [0.05, 0.1) is 16.6 Å². The van der Waals surface area contributed by atoms with Crippen molar-refractivity contribution in [1.29, 1.82) is 0 Å². The lowest BCUT2D eigenvalue weighted by Crippen LogP contribution is -2.48. The molecule has 0 bridgehead atoms. The molecule has 256 valence electrons. The smallest absolute Gasteiger partial charge is 0.340 e. The average molecular weight is 703 g/mol. The Hall–Kier alpha value is -3.09. The number of nitrogens with zero attached hydrogens (tertiary/aromatic N) is 3. The molecular weight excluding hydrogens is 669 g/mol. The first-order valence-electron chi connectivity index (χ1n) is 14.6. The Kier molecular flexibility index (Phi) is 10.6. The first-order valence-corrected chi connectivity index (χ1v) is 15.8. The molecule has 0 amide bonds. The number of rotatable bonds is 12. The Morgan fingerprint density at radius 1 is 1.21 bits per heavy atom. The van der Waals surface area contributed by atoms with E-state index < -0.39 is 54.3 Å². The number of carboxylic acid groups (broad SMARTS) is 1. The molecule has 0 radical (unpaired) electrons. The lowest BCUT2D eigenvalue weighted by Gasteiger charge is -2.45. The summed E-state index contributed by atoms with van der Waals surface area (Å²) in [6, 6.07) is 5.75. The van der Waals surface area contributed by atoms with Gasteiger partial charge >= 0.3 is 11.9 Å². The summed E-state index contributed by atoms with van der Waals surface area (Å²) in [4.78, 5) is 25.7. The molecule has 3 atom stereocenters. The molecule has 1 fully saturated rings. The van der Waals surface area contributed by atoms with Crippen molar-refractivity contribution in [3.8, 4) is 5.69 Å². The van der Waals surface area contributed by atoms with E-state index >= 15 is 4.39 Å². The molecule has 3 aromatic rings. The quantitative estimate of drug-likeness (QED) is 0.163. The molecule has 5 rings (SSSR count). The maximum Gasteiger partial charge on any atom is 0.340 e. The van der Waals surface area contributed by atoms with Crippen LogP contribution in [0.15, 0.2) is 30.5 Å². The van der Waals surface area contributed by atoms with E-state index in [1.54, 1.807) is 19.2 Å². The maximum absolute atomic E-state index is 15.3. The Bertz CT molecular complexity index is 1610. The number of hydrogen-bond donors (Lipinski definition) is 4. The van der Waals surface area contributed by atoms with Crippen LogP contribution in [-0.4, -0.2) is 93.8 Å². The topological polar surface area (TPSA) is 156 Å². The van der Waals surface area contributed by atoms with Gasteiger partial charge in [-0.25, -0.2) is 18.7 Å². The zero-order valence-corrected chi connectivity index (χ0v) is 27.0. The minimum absolute atomic E-state index is 0.0534. The number of nitrogens with one attached hydrogen (secondary N) is 1. The number of aliphatic hydroxyl groups is 2. The van der Waals surface area contributed by atoms with Crippen molar-refractivity contribution in [1.82, 2.24) is 20.0 Å². The minimum Gasteiger partial charge on any atom is -0.479 e. The molecule has 0 saturated carbocycles. The van der Waals surface area contributed by atoms with Crippen LogP contribution in [0.2, 0.25) is 4.34 Å². The highest BCUT2D eigenvalue weighted by molar-refractivity contribution is 7.16. The second-order valence-electron chi connectivity index (χ2n) is 11.5.